The minimum absolute atomic E-state index is 0.128. The maximum absolute atomic E-state index is 13.8. The highest BCUT2D eigenvalue weighted by molar-refractivity contribution is 5.84. The Balaban J connectivity index is 2.76. The third-order valence-corrected chi connectivity index (χ3v) is 2.78. The molecule has 15 heavy (non-hydrogen) atoms. The Bertz CT molecular complexity index is 503. The fraction of sp³-hybridized carbons (Fsp3) is 0.385. The first kappa shape index (κ1) is 10.2. The number of aromatic nitrogens is 1. The second-order valence-electron chi connectivity index (χ2n) is 5.10. The van der Waals surface area contributed by atoms with Crippen molar-refractivity contribution in [3.63, 3.8) is 0 Å². The fourth-order valence-corrected chi connectivity index (χ4v) is 1.86. The van der Waals surface area contributed by atoms with Gasteiger partial charge in [0.25, 0.3) is 0 Å². The van der Waals surface area contributed by atoms with Crippen LogP contribution in [0.3, 0.4) is 0 Å². The SMILES string of the molecule is Cc1c[nH]c2cc(F)c(C(C)(C)C)cc12. The third kappa shape index (κ3) is 1.65. The van der Waals surface area contributed by atoms with Crippen LogP contribution in [0.4, 0.5) is 4.39 Å². The van der Waals surface area contributed by atoms with Crippen LogP contribution in [-0.2, 0) is 5.41 Å². The molecule has 0 aliphatic carbocycles. The molecule has 0 aliphatic heterocycles. The van der Waals surface area contributed by atoms with Crippen LogP contribution in [0.15, 0.2) is 18.3 Å². The summed E-state index contributed by atoms with van der Waals surface area (Å²) >= 11 is 0. The number of benzene rings is 1. The fourth-order valence-electron chi connectivity index (χ4n) is 1.86. The zero-order chi connectivity index (χ0) is 11.2. The molecule has 0 radical (unpaired) electrons. The summed E-state index contributed by atoms with van der Waals surface area (Å²) in [6, 6.07) is 3.54. The first-order chi connectivity index (χ1) is 6.89. The van der Waals surface area contributed by atoms with Crippen molar-refractivity contribution < 1.29 is 4.39 Å². The van der Waals surface area contributed by atoms with Crippen LogP contribution in [0, 0.1) is 12.7 Å². The number of aryl methyl sites for hydroxylation is 1. The summed E-state index contributed by atoms with van der Waals surface area (Å²) in [7, 11) is 0. The Kier molecular flexibility index (Phi) is 2.10. The lowest BCUT2D eigenvalue weighted by atomic mass is 9.86. The van der Waals surface area contributed by atoms with Crippen LogP contribution in [0.2, 0.25) is 0 Å². The van der Waals surface area contributed by atoms with E-state index in [4.69, 9.17) is 0 Å². The summed E-state index contributed by atoms with van der Waals surface area (Å²) in [5.41, 5.74) is 2.66. The maximum Gasteiger partial charge on any atom is 0.129 e. The van der Waals surface area contributed by atoms with Crippen molar-refractivity contribution in [1.82, 2.24) is 4.98 Å². The normalized spacial score (nSPS) is 12.3. The monoisotopic (exact) mass is 205 g/mol. The van der Waals surface area contributed by atoms with Gasteiger partial charge in [0.1, 0.15) is 5.82 Å². The molecule has 2 heteroatoms. The van der Waals surface area contributed by atoms with E-state index in [9.17, 15) is 4.39 Å². The first-order valence-electron chi connectivity index (χ1n) is 5.17. The molecule has 0 atom stereocenters. The van der Waals surface area contributed by atoms with E-state index in [0.29, 0.717) is 0 Å². The van der Waals surface area contributed by atoms with Crippen LogP contribution >= 0.6 is 0 Å². The Morgan fingerprint density at radius 3 is 2.47 bits per heavy atom. The molecule has 1 aromatic carbocycles. The number of rotatable bonds is 0. The van der Waals surface area contributed by atoms with Crippen LogP contribution < -0.4 is 0 Å². The van der Waals surface area contributed by atoms with Gasteiger partial charge in [-0.2, -0.15) is 0 Å². The first-order valence-corrected chi connectivity index (χ1v) is 5.17. The predicted molar refractivity (Wildman–Crippen MR) is 61.7 cm³/mol. The molecule has 80 valence electrons. The molecule has 1 aromatic heterocycles. The topological polar surface area (TPSA) is 15.8 Å². The molecule has 0 aliphatic rings. The van der Waals surface area contributed by atoms with Gasteiger partial charge in [-0.1, -0.05) is 20.8 Å². The third-order valence-electron chi connectivity index (χ3n) is 2.78. The average molecular weight is 205 g/mol. The van der Waals surface area contributed by atoms with Crippen LogP contribution in [-0.4, -0.2) is 4.98 Å². The number of nitrogens with one attached hydrogen (secondary N) is 1. The summed E-state index contributed by atoms with van der Waals surface area (Å²) < 4.78 is 13.8. The van der Waals surface area contributed by atoms with E-state index in [2.05, 4.69) is 4.98 Å². The Labute approximate surface area is 89.3 Å². The molecule has 2 aromatic rings. The highest BCUT2D eigenvalue weighted by Crippen LogP contribution is 2.29. The van der Waals surface area contributed by atoms with Gasteiger partial charge in [0.15, 0.2) is 0 Å². The van der Waals surface area contributed by atoms with Crippen molar-refractivity contribution in [2.24, 2.45) is 0 Å². The molecule has 1 heterocycles. The van der Waals surface area contributed by atoms with E-state index in [1.54, 1.807) is 6.07 Å². The van der Waals surface area contributed by atoms with Gasteiger partial charge >= 0.3 is 0 Å². The molecule has 1 N–H and O–H groups in total. The minimum Gasteiger partial charge on any atom is -0.361 e. The van der Waals surface area contributed by atoms with Gasteiger partial charge in [-0.3, -0.25) is 0 Å². The Morgan fingerprint density at radius 2 is 1.87 bits per heavy atom. The second-order valence-corrected chi connectivity index (χ2v) is 5.10. The minimum atomic E-state index is -0.151. The van der Waals surface area contributed by atoms with Gasteiger partial charge in [-0.25, -0.2) is 4.39 Å². The quantitative estimate of drug-likeness (QED) is 0.671. The molecule has 0 fully saturated rings. The summed E-state index contributed by atoms with van der Waals surface area (Å²) in [6.07, 6.45) is 1.91. The summed E-state index contributed by atoms with van der Waals surface area (Å²) in [5, 5.41) is 1.11. The van der Waals surface area contributed by atoms with Crippen LogP contribution in [0.25, 0.3) is 10.9 Å². The van der Waals surface area contributed by atoms with Crippen molar-refractivity contribution in [1.29, 1.82) is 0 Å². The van der Waals surface area contributed by atoms with E-state index in [-0.39, 0.29) is 11.2 Å². The van der Waals surface area contributed by atoms with Gasteiger partial charge in [-0.15, -0.1) is 0 Å². The van der Waals surface area contributed by atoms with Crippen molar-refractivity contribution in [3.05, 3.63) is 35.3 Å². The predicted octanol–water partition coefficient (Wildman–Crippen LogP) is 3.91. The number of aromatic amines is 1. The average Bonchev–Trinajstić information content (AvgIpc) is 2.44. The molecule has 1 nitrogen and oxygen atoms in total. The molecule has 0 saturated carbocycles. The van der Waals surface area contributed by atoms with Gasteiger partial charge in [0.2, 0.25) is 0 Å². The maximum atomic E-state index is 13.8. The zero-order valence-corrected chi connectivity index (χ0v) is 9.61. The lowest BCUT2D eigenvalue weighted by molar-refractivity contribution is 0.524. The van der Waals surface area contributed by atoms with Gasteiger partial charge in [-0.05, 0) is 35.6 Å². The molecule has 0 spiro atoms. The van der Waals surface area contributed by atoms with Crippen molar-refractivity contribution >= 4 is 10.9 Å². The lowest BCUT2D eigenvalue weighted by Gasteiger charge is -2.20. The van der Waals surface area contributed by atoms with Crippen molar-refractivity contribution in [2.45, 2.75) is 33.1 Å². The second kappa shape index (κ2) is 3.09. The summed E-state index contributed by atoms with van der Waals surface area (Å²) in [6.45, 7) is 8.11. The highest BCUT2D eigenvalue weighted by atomic mass is 19.1. The molecule has 2 rings (SSSR count). The molecular formula is C13H16FN. The van der Waals surface area contributed by atoms with E-state index in [0.717, 1.165) is 22.0 Å². The number of halogens is 1. The summed E-state index contributed by atoms with van der Waals surface area (Å²) in [5.74, 6) is -0.128. The molecular weight excluding hydrogens is 189 g/mol. The van der Waals surface area contributed by atoms with Crippen LogP contribution in [0.5, 0.6) is 0 Å². The Hall–Kier alpha value is -1.31. The zero-order valence-electron chi connectivity index (χ0n) is 9.61. The van der Waals surface area contributed by atoms with Gasteiger partial charge in [0.05, 0.1) is 0 Å². The number of hydrogen-bond donors (Lipinski definition) is 1. The summed E-state index contributed by atoms with van der Waals surface area (Å²) in [4.78, 5) is 3.07. The molecule has 0 saturated heterocycles. The number of hydrogen-bond acceptors (Lipinski definition) is 0. The smallest absolute Gasteiger partial charge is 0.129 e. The van der Waals surface area contributed by atoms with E-state index in [1.807, 2.05) is 40.0 Å². The highest BCUT2D eigenvalue weighted by Gasteiger charge is 2.19. The Morgan fingerprint density at radius 1 is 1.20 bits per heavy atom. The molecule has 0 amide bonds. The molecule has 0 bridgehead atoms. The van der Waals surface area contributed by atoms with Crippen molar-refractivity contribution in [2.75, 3.05) is 0 Å². The van der Waals surface area contributed by atoms with Crippen LogP contribution in [0.1, 0.15) is 31.9 Å². The largest absolute Gasteiger partial charge is 0.361 e. The molecule has 0 unspecified atom stereocenters. The van der Waals surface area contributed by atoms with Crippen molar-refractivity contribution in [3.8, 4) is 0 Å². The van der Waals surface area contributed by atoms with E-state index >= 15 is 0 Å². The van der Waals surface area contributed by atoms with E-state index < -0.39 is 0 Å². The van der Waals surface area contributed by atoms with Gasteiger partial charge in [0, 0.05) is 17.1 Å². The number of H-pyrrole nitrogens is 1. The van der Waals surface area contributed by atoms with Gasteiger partial charge < -0.3 is 4.98 Å². The standard InChI is InChI=1S/C13H16FN/c1-8-7-15-12-6-11(14)10(5-9(8)12)13(2,3)4/h5-7,15H,1-4H3. The number of fused-ring (bicyclic) bond motifs is 1. The van der Waals surface area contributed by atoms with E-state index in [1.165, 1.54) is 0 Å². The lowest BCUT2D eigenvalue weighted by Crippen LogP contribution is -2.13.